The molecule has 1 amide bonds. The molecule has 0 radical (unpaired) electrons. The molecular formula is C30H38N4O2. The molecule has 6 heteroatoms. The monoisotopic (exact) mass is 486 g/mol. The van der Waals surface area contributed by atoms with Crippen LogP contribution in [0.1, 0.15) is 47.2 Å². The zero-order valence-electron chi connectivity index (χ0n) is 21.3. The highest BCUT2D eigenvalue weighted by Gasteiger charge is 2.21. The van der Waals surface area contributed by atoms with Crippen molar-refractivity contribution in [2.45, 2.75) is 50.9 Å². The Hall–Kier alpha value is -2.93. The van der Waals surface area contributed by atoms with Crippen LogP contribution in [0.15, 0.2) is 60.7 Å². The lowest BCUT2D eigenvalue weighted by molar-refractivity contribution is 0.0908. The highest BCUT2D eigenvalue weighted by molar-refractivity contribution is 5.94. The van der Waals surface area contributed by atoms with E-state index in [1.807, 2.05) is 18.2 Å². The first-order valence-electron chi connectivity index (χ1n) is 13.3. The van der Waals surface area contributed by atoms with Crippen molar-refractivity contribution in [3.63, 3.8) is 0 Å². The quantitative estimate of drug-likeness (QED) is 0.425. The van der Waals surface area contributed by atoms with Crippen LogP contribution in [0.5, 0.6) is 5.75 Å². The number of likely N-dealkylation sites (tertiary alicyclic amines) is 1. The van der Waals surface area contributed by atoms with Gasteiger partial charge in [0.05, 0.1) is 7.11 Å². The van der Waals surface area contributed by atoms with Crippen molar-refractivity contribution < 1.29 is 9.53 Å². The third-order valence-corrected chi connectivity index (χ3v) is 7.51. The van der Waals surface area contributed by atoms with Crippen LogP contribution in [0.3, 0.4) is 0 Å². The molecule has 3 aromatic rings. The minimum absolute atomic E-state index is 0.0216. The van der Waals surface area contributed by atoms with Crippen molar-refractivity contribution in [1.29, 1.82) is 0 Å². The van der Waals surface area contributed by atoms with E-state index >= 15 is 0 Å². The number of rotatable bonds is 9. The molecule has 0 spiro atoms. The molecule has 3 aromatic carbocycles. The minimum atomic E-state index is -0.0216. The summed E-state index contributed by atoms with van der Waals surface area (Å²) in [5, 5.41) is 13.0. The highest BCUT2D eigenvalue weighted by atomic mass is 16.5. The van der Waals surface area contributed by atoms with Crippen LogP contribution in [0.4, 0.5) is 0 Å². The Morgan fingerprint density at radius 2 is 1.81 bits per heavy atom. The van der Waals surface area contributed by atoms with Gasteiger partial charge in [0.25, 0.3) is 5.91 Å². The Morgan fingerprint density at radius 1 is 1.00 bits per heavy atom. The molecule has 0 saturated carbocycles. The van der Waals surface area contributed by atoms with Gasteiger partial charge >= 0.3 is 0 Å². The minimum Gasteiger partial charge on any atom is -0.497 e. The molecule has 2 fully saturated rings. The van der Waals surface area contributed by atoms with E-state index < -0.39 is 0 Å². The number of piperidine rings is 1. The van der Waals surface area contributed by atoms with E-state index in [0.717, 1.165) is 52.1 Å². The molecule has 0 bridgehead atoms. The first kappa shape index (κ1) is 24.8. The molecule has 36 heavy (non-hydrogen) atoms. The van der Waals surface area contributed by atoms with Crippen LogP contribution >= 0.6 is 0 Å². The van der Waals surface area contributed by atoms with E-state index in [1.165, 1.54) is 34.7 Å². The fourth-order valence-corrected chi connectivity index (χ4v) is 5.40. The van der Waals surface area contributed by atoms with Gasteiger partial charge in [-0.3, -0.25) is 9.69 Å². The number of carbonyl (C=O) groups is 1. The largest absolute Gasteiger partial charge is 0.497 e. The van der Waals surface area contributed by atoms with E-state index in [1.54, 1.807) is 13.2 Å². The summed E-state index contributed by atoms with van der Waals surface area (Å²) in [5.41, 5.74) is 3.34. The molecule has 6 nitrogen and oxygen atoms in total. The fourth-order valence-electron chi connectivity index (χ4n) is 5.40. The molecule has 2 heterocycles. The Labute approximate surface area is 214 Å². The zero-order valence-corrected chi connectivity index (χ0v) is 21.3. The molecule has 2 aliphatic rings. The van der Waals surface area contributed by atoms with Gasteiger partial charge in [0, 0.05) is 50.4 Å². The maximum atomic E-state index is 12.7. The van der Waals surface area contributed by atoms with Crippen molar-refractivity contribution in [2.75, 3.05) is 33.3 Å². The lowest BCUT2D eigenvalue weighted by Gasteiger charge is -2.32. The summed E-state index contributed by atoms with van der Waals surface area (Å²) in [6, 6.07) is 21.8. The predicted octanol–water partition coefficient (Wildman–Crippen LogP) is 4.08. The topological polar surface area (TPSA) is 65.6 Å². The summed E-state index contributed by atoms with van der Waals surface area (Å²) in [4.78, 5) is 15.1. The van der Waals surface area contributed by atoms with E-state index in [-0.39, 0.29) is 11.9 Å². The number of nitrogens with zero attached hydrogens (tertiary/aromatic N) is 1. The van der Waals surface area contributed by atoms with Crippen LogP contribution in [0.25, 0.3) is 10.8 Å². The molecular weight excluding hydrogens is 448 g/mol. The summed E-state index contributed by atoms with van der Waals surface area (Å²) in [6.07, 6.45) is 4.50. The molecule has 190 valence electrons. The van der Waals surface area contributed by atoms with E-state index in [9.17, 15) is 4.79 Å². The van der Waals surface area contributed by atoms with Crippen LogP contribution in [-0.2, 0) is 13.1 Å². The smallest absolute Gasteiger partial charge is 0.251 e. The number of nitrogens with one attached hydrogen (secondary N) is 3. The maximum absolute atomic E-state index is 12.7. The van der Waals surface area contributed by atoms with Gasteiger partial charge in [-0.1, -0.05) is 30.3 Å². The normalized spacial score (nSPS) is 19.0. The van der Waals surface area contributed by atoms with Crippen LogP contribution < -0.4 is 20.7 Å². The molecule has 2 saturated heterocycles. The van der Waals surface area contributed by atoms with Crippen molar-refractivity contribution in [2.24, 2.45) is 0 Å². The Balaban J connectivity index is 1.11. The second-order valence-corrected chi connectivity index (χ2v) is 10.2. The fraction of sp³-hybridized carbons (Fsp3) is 0.433. The molecule has 0 aliphatic carbocycles. The zero-order chi connectivity index (χ0) is 24.7. The van der Waals surface area contributed by atoms with Gasteiger partial charge < -0.3 is 20.7 Å². The van der Waals surface area contributed by atoms with Crippen LogP contribution in [0.2, 0.25) is 0 Å². The number of hydrogen-bond donors (Lipinski definition) is 3. The lowest BCUT2D eigenvalue weighted by Crippen LogP contribution is -2.44. The van der Waals surface area contributed by atoms with Gasteiger partial charge in [-0.25, -0.2) is 0 Å². The van der Waals surface area contributed by atoms with Crippen molar-refractivity contribution >= 4 is 16.7 Å². The second kappa shape index (κ2) is 11.9. The van der Waals surface area contributed by atoms with Crippen molar-refractivity contribution in [3.8, 4) is 5.75 Å². The molecule has 0 aromatic heterocycles. The molecule has 3 N–H and O–H groups in total. The first-order valence-corrected chi connectivity index (χ1v) is 13.3. The van der Waals surface area contributed by atoms with E-state index in [4.69, 9.17) is 4.74 Å². The highest BCUT2D eigenvalue weighted by Crippen LogP contribution is 2.21. The van der Waals surface area contributed by atoms with E-state index in [0.29, 0.717) is 17.4 Å². The summed E-state index contributed by atoms with van der Waals surface area (Å²) in [7, 11) is 1.62. The SMILES string of the molecule is COc1cccc(C(=O)NC2CCN(Cc3ccc4ccc(CNCC5CCCN5)cc4c3)CC2)c1. The van der Waals surface area contributed by atoms with Gasteiger partial charge in [0.2, 0.25) is 0 Å². The summed E-state index contributed by atoms with van der Waals surface area (Å²) >= 11 is 0. The summed E-state index contributed by atoms with van der Waals surface area (Å²) < 4.78 is 5.24. The van der Waals surface area contributed by atoms with Crippen molar-refractivity contribution in [3.05, 3.63) is 77.4 Å². The van der Waals surface area contributed by atoms with Gasteiger partial charge in [-0.05, 0) is 84.5 Å². The molecule has 5 rings (SSSR count). The number of carbonyl (C=O) groups excluding carboxylic acids is 1. The average Bonchev–Trinajstić information content (AvgIpc) is 3.43. The number of amides is 1. The Morgan fingerprint density at radius 3 is 2.58 bits per heavy atom. The van der Waals surface area contributed by atoms with Gasteiger partial charge in [0.15, 0.2) is 0 Å². The predicted molar refractivity (Wildman–Crippen MR) is 145 cm³/mol. The Kier molecular flexibility index (Phi) is 8.16. The third kappa shape index (κ3) is 6.44. The number of fused-ring (bicyclic) bond motifs is 1. The lowest BCUT2D eigenvalue weighted by atomic mass is 10.0. The number of methoxy groups -OCH3 is 1. The third-order valence-electron chi connectivity index (χ3n) is 7.51. The Bertz CT molecular complexity index is 1170. The average molecular weight is 487 g/mol. The van der Waals surface area contributed by atoms with E-state index in [2.05, 4.69) is 57.2 Å². The number of benzene rings is 3. The van der Waals surface area contributed by atoms with Crippen molar-refractivity contribution in [1.82, 2.24) is 20.9 Å². The molecule has 1 atom stereocenters. The van der Waals surface area contributed by atoms with Crippen LogP contribution in [-0.4, -0.2) is 56.2 Å². The molecule has 2 aliphatic heterocycles. The van der Waals surface area contributed by atoms with Crippen LogP contribution in [0, 0.1) is 0 Å². The maximum Gasteiger partial charge on any atom is 0.251 e. The van der Waals surface area contributed by atoms with Gasteiger partial charge in [-0.2, -0.15) is 0 Å². The summed E-state index contributed by atoms with van der Waals surface area (Å²) in [6.45, 7) is 6.02. The second-order valence-electron chi connectivity index (χ2n) is 10.2. The van der Waals surface area contributed by atoms with Gasteiger partial charge in [-0.15, -0.1) is 0 Å². The number of hydrogen-bond acceptors (Lipinski definition) is 5. The van der Waals surface area contributed by atoms with Gasteiger partial charge in [0.1, 0.15) is 5.75 Å². The number of ether oxygens (including phenoxy) is 1. The first-order chi connectivity index (χ1) is 17.7. The standard InChI is InChI=1S/C30H38N4O2/c1-36-29-6-2-4-25(18-29)30(35)33-27-11-14-34(15-12-27)21-23-8-10-24-9-7-22(16-26(24)17-23)19-31-20-28-5-3-13-32-28/h2,4,6-10,16-18,27-28,31-32H,3,5,11-15,19-21H2,1H3,(H,33,35). The molecule has 1 unspecified atom stereocenters. The summed E-state index contributed by atoms with van der Waals surface area (Å²) in [5.74, 6) is 0.685.